The lowest BCUT2D eigenvalue weighted by atomic mass is 9.87. The van der Waals surface area contributed by atoms with Crippen molar-refractivity contribution in [2.45, 2.75) is 36.0 Å². The van der Waals surface area contributed by atoms with Gasteiger partial charge in [0.15, 0.2) is 0 Å². The largest absolute Gasteiger partial charge is 0.508 e. The zero-order valence-corrected chi connectivity index (χ0v) is 16.6. The van der Waals surface area contributed by atoms with Crippen molar-refractivity contribution < 1.29 is 26.7 Å². The number of phenols is 1. The Morgan fingerprint density at radius 2 is 1.52 bits per heavy atom. The van der Waals surface area contributed by atoms with Gasteiger partial charge in [0.05, 0.1) is 0 Å². The lowest BCUT2D eigenvalue weighted by molar-refractivity contribution is 0.0981. The Hall–Kier alpha value is -2.43. The average molecular weight is 412 g/mol. The molecule has 10 heteroatoms. The number of amides is 1. The van der Waals surface area contributed by atoms with Gasteiger partial charge in [0.2, 0.25) is 10.0 Å². The Balaban J connectivity index is 2.38. The first-order valence-corrected chi connectivity index (χ1v) is 10.8. The van der Waals surface area contributed by atoms with Gasteiger partial charge in [0.25, 0.3) is 15.9 Å². The van der Waals surface area contributed by atoms with Gasteiger partial charge in [-0.2, -0.15) is 0 Å². The third-order valence-corrected chi connectivity index (χ3v) is 6.23. The molecule has 2 aromatic carbocycles. The molecule has 4 N–H and O–H groups in total. The Bertz CT molecular complexity index is 1080. The lowest BCUT2D eigenvalue weighted by Gasteiger charge is -2.19. The predicted molar refractivity (Wildman–Crippen MR) is 99.3 cm³/mol. The molecule has 0 aromatic heterocycles. The predicted octanol–water partition coefficient (Wildman–Crippen LogP) is 1.46. The highest BCUT2D eigenvalue weighted by molar-refractivity contribution is 7.92. The van der Waals surface area contributed by atoms with Crippen molar-refractivity contribution in [1.82, 2.24) is 4.72 Å². The van der Waals surface area contributed by atoms with E-state index >= 15 is 0 Å². The van der Waals surface area contributed by atoms with E-state index in [1.807, 2.05) is 25.5 Å². The first-order chi connectivity index (χ1) is 12.2. The van der Waals surface area contributed by atoms with Crippen molar-refractivity contribution in [3.63, 3.8) is 0 Å². The molecule has 0 heterocycles. The number of sulfonamides is 2. The van der Waals surface area contributed by atoms with Crippen LogP contribution in [0.2, 0.25) is 0 Å². The first-order valence-electron chi connectivity index (χ1n) is 7.75. The fourth-order valence-corrected chi connectivity index (χ4v) is 4.65. The van der Waals surface area contributed by atoms with E-state index in [1.165, 1.54) is 12.1 Å². The number of hydrogen-bond acceptors (Lipinski definition) is 6. The van der Waals surface area contributed by atoms with Gasteiger partial charge >= 0.3 is 0 Å². The van der Waals surface area contributed by atoms with E-state index in [1.54, 1.807) is 12.1 Å². The van der Waals surface area contributed by atoms with Crippen molar-refractivity contribution in [3.05, 3.63) is 53.6 Å². The number of phenolic OH excluding ortho intramolecular Hbond substituents is 1. The van der Waals surface area contributed by atoms with Crippen molar-refractivity contribution >= 4 is 26.0 Å². The molecule has 0 aliphatic heterocycles. The molecule has 8 nitrogen and oxygen atoms in total. The van der Waals surface area contributed by atoms with Crippen LogP contribution in [0.4, 0.5) is 0 Å². The van der Waals surface area contributed by atoms with Crippen LogP contribution in [0.15, 0.2) is 52.3 Å². The van der Waals surface area contributed by atoms with Crippen molar-refractivity contribution in [2.24, 2.45) is 5.14 Å². The fraction of sp³-hybridized carbons (Fsp3) is 0.235. The topological polar surface area (TPSA) is 144 Å². The van der Waals surface area contributed by atoms with Gasteiger partial charge in [-0.3, -0.25) is 4.79 Å². The summed E-state index contributed by atoms with van der Waals surface area (Å²) in [4.78, 5) is 10.8. The number of aromatic hydroxyl groups is 1. The molecule has 27 heavy (non-hydrogen) atoms. The summed E-state index contributed by atoms with van der Waals surface area (Å²) in [5, 5.41) is 14.4. The molecule has 1 amide bonds. The number of carbonyl (C=O) groups excluding carboxylic acids is 1. The fourth-order valence-electron chi connectivity index (χ4n) is 2.30. The summed E-state index contributed by atoms with van der Waals surface area (Å²) in [7, 11) is -9.00. The maximum atomic E-state index is 12.5. The molecule has 0 radical (unpaired) electrons. The minimum atomic E-state index is -4.55. The number of nitrogens with one attached hydrogen (secondary N) is 1. The van der Waals surface area contributed by atoms with Crippen molar-refractivity contribution in [3.8, 4) is 5.75 Å². The van der Waals surface area contributed by atoms with E-state index < -0.39 is 41.5 Å². The summed E-state index contributed by atoms with van der Waals surface area (Å²) in [5.41, 5.74) is 0.900. The zero-order valence-electron chi connectivity index (χ0n) is 14.9. The molecule has 2 rings (SSSR count). The van der Waals surface area contributed by atoms with Gasteiger partial charge in [-0.05, 0) is 35.2 Å². The third-order valence-electron chi connectivity index (χ3n) is 3.76. The van der Waals surface area contributed by atoms with Crippen LogP contribution in [-0.2, 0) is 25.5 Å². The van der Waals surface area contributed by atoms with E-state index in [0.29, 0.717) is 6.07 Å². The summed E-state index contributed by atoms with van der Waals surface area (Å²) in [5.74, 6) is -1.41. The Labute approximate surface area is 158 Å². The van der Waals surface area contributed by atoms with Gasteiger partial charge in [-0.25, -0.2) is 26.7 Å². The summed E-state index contributed by atoms with van der Waals surface area (Å²) < 4.78 is 50.0. The van der Waals surface area contributed by atoms with Crippen LogP contribution < -0.4 is 9.86 Å². The number of benzene rings is 2. The number of rotatable bonds is 4. The highest BCUT2D eigenvalue weighted by Crippen LogP contribution is 2.25. The molecule has 0 spiro atoms. The van der Waals surface area contributed by atoms with Gasteiger partial charge < -0.3 is 5.11 Å². The smallest absolute Gasteiger partial charge is 0.265 e. The van der Waals surface area contributed by atoms with Crippen LogP contribution in [-0.4, -0.2) is 27.8 Å². The summed E-state index contributed by atoms with van der Waals surface area (Å²) in [6, 6.07) is 8.90. The van der Waals surface area contributed by atoms with E-state index in [0.717, 1.165) is 17.7 Å². The summed E-state index contributed by atoms with van der Waals surface area (Å²) >= 11 is 0. The highest BCUT2D eigenvalue weighted by atomic mass is 32.2. The Morgan fingerprint density at radius 1 is 0.963 bits per heavy atom. The minimum Gasteiger partial charge on any atom is -0.508 e. The van der Waals surface area contributed by atoms with E-state index in [9.17, 15) is 26.7 Å². The average Bonchev–Trinajstić information content (AvgIpc) is 2.52. The standard InChI is InChI=1S/C17H20N2O6S2/c1-17(2,3)12-6-4-11(5-7-12)16(21)19-27(24,25)14-9-8-13(20)10-15(14)26(18,22)23/h4-10,20H,1-3H3,(H,19,21)(H2,18,22,23). The molecular weight excluding hydrogens is 392 g/mol. The Morgan fingerprint density at radius 3 is 2.00 bits per heavy atom. The van der Waals surface area contributed by atoms with E-state index in [2.05, 4.69) is 0 Å². The normalized spacial score (nSPS) is 12.6. The Kier molecular flexibility index (Phi) is 5.37. The molecule has 0 saturated heterocycles. The SMILES string of the molecule is CC(C)(C)c1ccc(C(=O)NS(=O)(=O)c2ccc(O)cc2S(N)(=O)=O)cc1. The highest BCUT2D eigenvalue weighted by Gasteiger charge is 2.27. The lowest BCUT2D eigenvalue weighted by Crippen LogP contribution is -2.32. The maximum absolute atomic E-state index is 12.5. The number of primary sulfonamides is 1. The van der Waals surface area contributed by atoms with Gasteiger partial charge in [-0.15, -0.1) is 0 Å². The molecular formula is C17H20N2O6S2. The monoisotopic (exact) mass is 412 g/mol. The van der Waals surface area contributed by atoms with Gasteiger partial charge in [0, 0.05) is 11.6 Å². The van der Waals surface area contributed by atoms with E-state index in [-0.39, 0.29) is 11.0 Å². The number of nitrogens with two attached hydrogens (primary N) is 1. The second-order valence-electron chi connectivity index (χ2n) is 6.94. The molecule has 0 unspecified atom stereocenters. The summed E-state index contributed by atoms with van der Waals surface area (Å²) in [6.07, 6.45) is 0. The minimum absolute atomic E-state index is 0.0857. The van der Waals surface area contributed by atoms with Crippen LogP contribution in [0, 0.1) is 0 Å². The van der Waals surface area contributed by atoms with Gasteiger partial charge in [0.1, 0.15) is 15.5 Å². The first kappa shape index (κ1) is 20.9. The van der Waals surface area contributed by atoms with Crippen LogP contribution >= 0.6 is 0 Å². The molecule has 0 fully saturated rings. The zero-order chi connectivity index (χ0) is 20.6. The number of carbonyl (C=O) groups is 1. The van der Waals surface area contributed by atoms with Crippen LogP contribution in [0.25, 0.3) is 0 Å². The third kappa shape index (κ3) is 4.85. The molecule has 0 bridgehead atoms. The van der Waals surface area contributed by atoms with Crippen LogP contribution in [0.3, 0.4) is 0 Å². The molecule has 146 valence electrons. The maximum Gasteiger partial charge on any atom is 0.265 e. The van der Waals surface area contributed by atoms with Gasteiger partial charge in [-0.1, -0.05) is 32.9 Å². The van der Waals surface area contributed by atoms with Crippen LogP contribution in [0.5, 0.6) is 5.75 Å². The quantitative estimate of drug-likeness (QED) is 0.693. The summed E-state index contributed by atoms with van der Waals surface area (Å²) in [6.45, 7) is 5.98. The number of hydrogen-bond donors (Lipinski definition) is 3. The molecule has 2 aromatic rings. The second kappa shape index (κ2) is 6.95. The molecule has 0 atom stereocenters. The van der Waals surface area contributed by atoms with Crippen LogP contribution in [0.1, 0.15) is 36.7 Å². The molecule has 0 aliphatic rings. The van der Waals surface area contributed by atoms with Crippen molar-refractivity contribution in [1.29, 1.82) is 0 Å². The second-order valence-corrected chi connectivity index (χ2v) is 10.1. The van der Waals surface area contributed by atoms with Crippen molar-refractivity contribution in [2.75, 3.05) is 0 Å². The molecule has 0 saturated carbocycles. The van der Waals surface area contributed by atoms with E-state index in [4.69, 9.17) is 5.14 Å². The molecule has 0 aliphatic carbocycles.